The van der Waals surface area contributed by atoms with E-state index in [1.54, 1.807) is 31.2 Å². The summed E-state index contributed by atoms with van der Waals surface area (Å²) in [5.41, 5.74) is -0.187. The van der Waals surface area contributed by atoms with Gasteiger partial charge < -0.3 is 14.2 Å². The minimum absolute atomic E-state index is 0.0948. The summed E-state index contributed by atoms with van der Waals surface area (Å²) < 4.78 is 18.3. The van der Waals surface area contributed by atoms with Crippen LogP contribution < -0.4 is 11.2 Å². The minimum atomic E-state index is -0.869. The molecule has 188 valence electrons. The Morgan fingerprint density at radius 2 is 1.58 bits per heavy atom. The Balaban J connectivity index is 1.54. The number of hydrogen-bond donors (Lipinski definition) is 1. The monoisotopic (exact) mass is 532 g/mol. The summed E-state index contributed by atoms with van der Waals surface area (Å²) in [7, 11) is 0. The number of rotatable bonds is 7. The Bertz CT molecular complexity index is 1370. The standard InChI is InChI=1S/C25H22Cl2N2O7/c1-2-14-12-29(25(33)28-22(14)30)21-11-19(36-24(32)16-5-9-18(27)10-6-16)20(35-21)13-34-23(31)15-3-7-17(26)8-4-15/h3-10,12,19-21H,2,11,13H2,1H3,(H,28,30,33)/t19?,20-,21-/m0/s1. The number of nitrogens with zero attached hydrogens (tertiary/aromatic N) is 1. The van der Waals surface area contributed by atoms with Gasteiger partial charge in [-0.3, -0.25) is 14.3 Å². The van der Waals surface area contributed by atoms with Crippen LogP contribution in [-0.2, 0) is 20.6 Å². The lowest BCUT2D eigenvalue weighted by Gasteiger charge is -2.19. The fourth-order valence-corrected chi connectivity index (χ4v) is 4.01. The van der Waals surface area contributed by atoms with Gasteiger partial charge in [0.25, 0.3) is 5.56 Å². The van der Waals surface area contributed by atoms with Gasteiger partial charge >= 0.3 is 17.6 Å². The summed E-state index contributed by atoms with van der Waals surface area (Å²) in [6.07, 6.45) is -0.656. The molecule has 0 spiro atoms. The van der Waals surface area contributed by atoms with Crippen LogP contribution in [-0.4, -0.2) is 40.3 Å². The molecule has 3 atom stereocenters. The van der Waals surface area contributed by atoms with E-state index in [2.05, 4.69) is 4.98 Å². The molecule has 9 nitrogen and oxygen atoms in total. The van der Waals surface area contributed by atoms with Crippen LogP contribution in [0.2, 0.25) is 10.0 Å². The molecule has 1 aromatic heterocycles. The van der Waals surface area contributed by atoms with E-state index >= 15 is 0 Å². The van der Waals surface area contributed by atoms with Crippen molar-refractivity contribution in [3.63, 3.8) is 0 Å². The van der Waals surface area contributed by atoms with Crippen molar-refractivity contribution in [3.8, 4) is 0 Å². The number of nitrogens with one attached hydrogen (secondary N) is 1. The molecule has 1 unspecified atom stereocenters. The number of aromatic amines is 1. The zero-order chi connectivity index (χ0) is 25.8. The summed E-state index contributed by atoms with van der Waals surface area (Å²) in [6.45, 7) is 1.54. The van der Waals surface area contributed by atoms with Crippen molar-refractivity contribution in [2.45, 2.75) is 38.2 Å². The highest BCUT2D eigenvalue weighted by molar-refractivity contribution is 6.31. The van der Waals surface area contributed by atoms with Gasteiger partial charge in [-0.1, -0.05) is 30.1 Å². The number of carbonyl (C=O) groups is 2. The number of aromatic nitrogens is 2. The van der Waals surface area contributed by atoms with Crippen LogP contribution in [0, 0.1) is 0 Å². The van der Waals surface area contributed by atoms with Gasteiger partial charge in [-0.05, 0) is 55.0 Å². The Hall–Kier alpha value is -3.40. The van der Waals surface area contributed by atoms with Crippen LogP contribution >= 0.6 is 23.2 Å². The molecule has 11 heteroatoms. The Labute approximate surface area is 215 Å². The van der Waals surface area contributed by atoms with Gasteiger partial charge in [0.15, 0.2) is 0 Å². The van der Waals surface area contributed by atoms with E-state index in [1.165, 1.54) is 35.0 Å². The fourth-order valence-electron chi connectivity index (χ4n) is 3.76. The third-order valence-electron chi connectivity index (χ3n) is 5.71. The van der Waals surface area contributed by atoms with E-state index in [9.17, 15) is 19.2 Å². The molecule has 1 aliphatic rings. The molecule has 1 saturated heterocycles. The van der Waals surface area contributed by atoms with Crippen molar-refractivity contribution in [2.75, 3.05) is 6.61 Å². The number of esters is 2. The van der Waals surface area contributed by atoms with Gasteiger partial charge in [0, 0.05) is 28.2 Å². The molecule has 0 amide bonds. The minimum Gasteiger partial charge on any atom is -0.459 e. The van der Waals surface area contributed by atoms with Crippen molar-refractivity contribution >= 4 is 35.1 Å². The molecular weight excluding hydrogens is 511 g/mol. The maximum atomic E-state index is 12.7. The van der Waals surface area contributed by atoms with Crippen LogP contribution in [0.25, 0.3) is 0 Å². The lowest BCUT2D eigenvalue weighted by Crippen LogP contribution is -2.34. The molecule has 0 aliphatic carbocycles. The number of carbonyl (C=O) groups excluding carboxylic acids is 2. The zero-order valence-corrected chi connectivity index (χ0v) is 20.6. The summed E-state index contributed by atoms with van der Waals surface area (Å²) >= 11 is 11.8. The van der Waals surface area contributed by atoms with Crippen LogP contribution in [0.4, 0.5) is 0 Å². The molecule has 0 bridgehead atoms. The lowest BCUT2D eigenvalue weighted by molar-refractivity contribution is -0.0583. The molecule has 1 fully saturated rings. The first-order chi connectivity index (χ1) is 17.2. The number of ether oxygens (including phenoxy) is 3. The summed E-state index contributed by atoms with van der Waals surface area (Å²) in [4.78, 5) is 51.9. The topological polar surface area (TPSA) is 117 Å². The average Bonchev–Trinajstić information content (AvgIpc) is 3.25. The highest BCUT2D eigenvalue weighted by Gasteiger charge is 2.40. The first-order valence-electron chi connectivity index (χ1n) is 11.1. The normalized spacial score (nSPS) is 19.1. The quantitative estimate of drug-likeness (QED) is 0.460. The second-order valence-electron chi connectivity index (χ2n) is 8.10. The predicted octanol–water partition coefficient (Wildman–Crippen LogP) is 3.78. The van der Waals surface area contributed by atoms with Gasteiger partial charge in [0.05, 0.1) is 11.1 Å². The smallest absolute Gasteiger partial charge is 0.338 e. The molecule has 0 saturated carbocycles. The van der Waals surface area contributed by atoms with E-state index in [4.69, 9.17) is 37.4 Å². The molecule has 3 aromatic rings. The van der Waals surface area contributed by atoms with E-state index in [1.807, 2.05) is 0 Å². The van der Waals surface area contributed by atoms with Gasteiger partial charge in [-0.25, -0.2) is 14.4 Å². The summed E-state index contributed by atoms with van der Waals surface area (Å²) in [5, 5.41) is 0.937. The Morgan fingerprint density at radius 3 is 2.17 bits per heavy atom. The van der Waals surface area contributed by atoms with Crippen molar-refractivity contribution in [1.82, 2.24) is 9.55 Å². The second kappa shape index (κ2) is 11.1. The SMILES string of the molecule is CCc1cn([C@@H]2CC(OC(=O)c3ccc(Cl)cc3)[C@H](COC(=O)c3ccc(Cl)cc3)O2)c(=O)[nH]c1=O. The van der Waals surface area contributed by atoms with E-state index in [0.717, 1.165) is 0 Å². The summed E-state index contributed by atoms with van der Waals surface area (Å²) in [5.74, 6) is -1.24. The molecule has 4 rings (SSSR count). The van der Waals surface area contributed by atoms with Crippen molar-refractivity contribution in [2.24, 2.45) is 0 Å². The number of H-pyrrole nitrogens is 1. The van der Waals surface area contributed by atoms with E-state index in [0.29, 0.717) is 22.0 Å². The highest BCUT2D eigenvalue weighted by atomic mass is 35.5. The van der Waals surface area contributed by atoms with Gasteiger partial charge in [0.2, 0.25) is 0 Å². The van der Waals surface area contributed by atoms with Crippen LogP contribution in [0.15, 0.2) is 64.3 Å². The molecule has 36 heavy (non-hydrogen) atoms. The first kappa shape index (κ1) is 25.7. The number of hydrogen-bond acceptors (Lipinski definition) is 7. The third-order valence-corrected chi connectivity index (χ3v) is 6.21. The van der Waals surface area contributed by atoms with Crippen LogP contribution in [0.3, 0.4) is 0 Å². The van der Waals surface area contributed by atoms with Crippen molar-refractivity contribution in [1.29, 1.82) is 0 Å². The van der Waals surface area contributed by atoms with Crippen molar-refractivity contribution < 1.29 is 23.8 Å². The zero-order valence-electron chi connectivity index (χ0n) is 19.1. The third kappa shape index (κ3) is 5.87. The predicted molar refractivity (Wildman–Crippen MR) is 132 cm³/mol. The average molecular weight is 533 g/mol. The molecule has 2 aromatic carbocycles. The van der Waals surface area contributed by atoms with Gasteiger partial charge in [0.1, 0.15) is 25.0 Å². The van der Waals surface area contributed by atoms with Crippen molar-refractivity contribution in [3.05, 3.63) is 102 Å². The van der Waals surface area contributed by atoms with Crippen LogP contribution in [0.1, 0.15) is 45.9 Å². The molecular formula is C25H22Cl2N2O7. The number of aryl methyl sites for hydroxylation is 1. The number of halogens is 2. The Kier molecular flexibility index (Phi) is 7.93. The summed E-state index contributed by atoms with van der Waals surface area (Å²) in [6, 6.07) is 12.3. The second-order valence-corrected chi connectivity index (χ2v) is 8.97. The van der Waals surface area contributed by atoms with Gasteiger partial charge in [-0.2, -0.15) is 0 Å². The van der Waals surface area contributed by atoms with E-state index in [-0.39, 0.29) is 24.2 Å². The molecule has 1 N–H and O–H groups in total. The largest absolute Gasteiger partial charge is 0.459 e. The maximum absolute atomic E-state index is 12.7. The van der Waals surface area contributed by atoms with Gasteiger partial charge in [-0.15, -0.1) is 0 Å². The van der Waals surface area contributed by atoms with Crippen LogP contribution in [0.5, 0.6) is 0 Å². The fraction of sp³-hybridized carbons (Fsp3) is 0.280. The lowest BCUT2D eigenvalue weighted by atomic mass is 10.1. The molecule has 0 radical (unpaired) electrons. The number of benzene rings is 2. The molecule has 2 heterocycles. The first-order valence-corrected chi connectivity index (χ1v) is 11.9. The maximum Gasteiger partial charge on any atom is 0.338 e. The highest BCUT2D eigenvalue weighted by Crippen LogP contribution is 2.31. The Morgan fingerprint density at radius 1 is 1.00 bits per heavy atom. The van der Waals surface area contributed by atoms with E-state index < -0.39 is 41.6 Å². The molecule has 1 aliphatic heterocycles.